The summed E-state index contributed by atoms with van der Waals surface area (Å²) in [5.41, 5.74) is 1.22. The number of ether oxygens (including phenoxy) is 3. The first-order valence-electron chi connectivity index (χ1n) is 15.5. The molecule has 2 bridgehead atoms. The van der Waals surface area contributed by atoms with Crippen LogP contribution in [0.5, 0.6) is 0 Å². The quantitative estimate of drug-likeness (QED) is 0.260. The van der Waals surface area contributed by atoms with E-state index in [4.69, 9.17) is 14.2 Å². The third-order valence-electron chi connectivity index (χ3n) is 10.5. The molecule has 0 heterocycles. The molecule has 3 aliphatic carbocycles. The first-order valence-corrected chi connectivity index (χ1v) is 15.5. The lowest BCUT2D eigenvalue weighted by molar-refractivity contribution is -0.183. The van der Waals surface area contributed by atoms with Crippen LogP contribution < -0.4 is 0 Å². The molecule has 0 spiro atoms. The first kappa shape index (κ1) is 33.9. The Hall–Kier alpha value is -3.01. The van der Waals surface area contributed by atoms with Gasteiger partial charge in [-0.15, -0.1) is 0 Å². The third kappa shape index (κ3) is 6.24. The minimum Gasteiger partial charge on any atom is -0.458 e. The maximum atomic E-state index is 13.4. The molecule has 0 aliphatic heterocycles. The molecule has 0 saturated heterocycles. The summed E-state index contributed by atoms with van der Waals surface area (Å²) in [6, 6.07) is 9.58. The molecule has 1 aromatic carbocycles. The normalized spacial score (nSPS) is 33.9. The Kier molecular flexibility index (Phi) is 9.83. The van der Waals surface area contributed by atoms with Gasteiger partial charge in [0.2, 0.25) is 0 Å². The number of esters is 3. The maximum absolute atomic E-state index is 13.4. The molecule has 0 radical (unpaired) electrons. The number of benzene rings is 1. The maximum Gasteiger partial charge on any atom is 0.308 e. The van der Waals surface area contributed by atoms with Crippen LogP contribution in [0.25, 0.3) is 0 Å². The molecular formula is C35H49NO8. The Labute approximate surface area is 261 Å². The topological polar surface area (TPSA) is 123 Å². The minimum atomic E-state index is -1.21. The van der Waals surface area contributed by atoms with E-state index in [0.29, 0.717) is 30.4 Å². The highest BCUT2D eigenvalue weighted by molar-refractivity contribution is 5.71. The third-order valence-corrected chi connectivity index (χ3v) is 10.5. The van der Waals surface area contributed by atoms with Crippen LogP contribution in [0.3, 0.4) is 0 Å². The van der Waals surface area contributed by atoms with Crippen molar-refractivity contribution in [2.75, 3.05) is 14.1 Å². The predicted octanol–water partition coefficient (Wildman–Crippen LogP) is 4.53. The molecule has 2 saturated carbocycles. The predicted molar refractivity (Wildman–Crippen MR) is 165 cm³/mol. The molecule has 9 heteroatoms. The summed E-state index contributed by atoms with van der Waals surface area (Å²) < 4.78 is 17.6. The van der Waals surface area contributed by atoms with Crippen LogP contribution in [0.1, 0.15) is 78.8 Å². The Bertz CT molecular complexity index is 1300. The standard InChI is InChI=1S/C35H49NO8/c1-19-26(44-28(39)18-25(36(8)9)23-13-11-10-12-14-23)15-16-35(7)29(19)31(40)24-17-27(42-21(3)37)20(2)30(34(24,5)6)32(33(35)41)43-22(4)38/h10-14,24-27,29,31-33,40-41H,1,15-18H2,2-9H3/t24-,25-,26+,27+,29+,31-,32-,33+,35-/m1/s1. The molecule has 2 fully saturated rings. The highest BCUT2D eigenvalue weighted by Crippen LogP contribution is 2.59. The fraction of sp³-hybridized carbons (Fsp3) is 0.629. The van der Waals surface area contributed by atoms with Gasteiger partial charge in [0.15, 0.2) is 6.10 Å². The molecular weight excluding hydrogens is 562 g/mol. The number of aliphatic hydroxyl groups is 2. The van der Waals surface area contributed by atoms with Crippen molar-refractivity contribution in [3.05, 3.63) is 59.2 Å². The lowest BCUT2D eigenvalue weighted by Gasteiger charge is -2.59. The molecule has 9 atom stereocenters. The molecule has 9 nitrogen and oxygen atoms in total. The molecule has 242 valence electrons. The second-order valence-electron chi connectivity index (χ2n) is 13.9. The zero-order valence-electron chi connectivity index (χ0n) is 27.3. The second-order valence-corrected chi connectivity index (χ2v) is 13.9. The van der Waals surface area contributed by atoms with Crippen LogP contribution >= 0.6 is 0 Å². The summed E-state index contributed by atoms with van der Waals surface area (Å²) in [6.07, 6.45) is -3.30. The lowest BCUT2D eigenvalue weighted by Crippen LogP contribution is -2.63. The van der Waals surface area contributed by atoms with Crippen molar-refractivity contribution in [2.45, 2.75) is 104 Å². The zero-order valence-corrected chi connectivity index (χ0v) is 27.3. The average molecular weight is 612 g/mol. The van der Waals surface area contributed by atoms with E-state index in [2.05, 4.69) is 6.58 Å². The Morgan fingerprint density at radius 1 is 1.00 bits per heavy atom. The van der Waals surface area contributed by atoms with Gasteiger partial charge < -0.3 is 29.3 Å². The number of fused-ring (bicyclic) bond motifs is 3. The van der Waals surface area contributed by atoms with E-state index < -0.39 is 65.1 Å². The van der Waals surface area contributed by atoms with Gasteiger partial charge in [-0.2, -0.15) is 0 Å². The molecule has 0 amide bonds. The van der Waals surface area contributed by atoms with Crippen molar-refractivity contribution in [1.29, 1.82) is 0 Å². The Balaban J connectivity index is 1.70. The van der Waals surface area contributed by atoms with Gasteiger partial charge in [0, 0.05) is 31.2 Å². The molecule has 0 unspecified atom stereocenters. The smallest absolute Gasteiger partial charge is 0.308 e. The van der Waals surface area contributed by atoms with Gasteiger partial charge in [-0.05, 0) is 73.9 Å². The largest absolute Gasteiger partial charge is 0.458 e. The second kappa shape index (κ2) is 12.8. The highest BCUT2D eigenvalue weighted by Gasteiger charge is 2.62. The van der Waals surface area contributed by atoms with Gasteiger partial charge in [0.05, 0.1) is 12.5 Å². The van der Waals surface area contributed by atoms with Crippen LogP contribution in [0, 0.1) is 22.7 Å². The minimum absolute atomic E-state index is 0.135. The van der Waals surface area contributed by atoms with E-state index in [9.17, 15) is 24.6 Å². The van der Waals surface area contributed by atoms with Crippen LogP contribution in [0.2, 0.25) is 0 Å². The van der Waals surface area contributed by atoms with Gasteiger partial charge in [0.1, 0.15) is 18.3 Å². The van der Waals surface area contributed by atoms with Gasteiger partial charge in [-0.25, -0.2) is 0 Å². The molecule has 2 N–H and O–H groups in total. The van der Waals surface area contributed by atoms with E-state index in [0.717, 1.165) is 11.1 Å². The zero-order chi connectivity index (χ0) is 32.7. The summed E-state index contributed by atoms with van der Waals surface area (Å²) in [4.78, 5) is 39.9. The Morgan fingerprint density at radius 2 is 1.61 bits per heavy atom. The van der Waals surface area contributed by atoms with E-state index in [1.165, 1.54) is 13.8 Å². The van der Waals surface area contributed by atoms with E-state index in [1.54, 1.807) is 0 Å². The van der Waals surface area contributed by atoms with Crippen molar-refractivity contribution in [1.82, 2.24) is 4.90 Å². The summed E-state index contributed by atoms with van der Waals surface area (Å²) in [5, 5.41) is 24.4. The molecule has 0 aromatic heterocycles. The molecule has 44 heavy (non-hydrogen) atoms. The SMILES string of the molecule is C=C1[C@@H](OC(=O)C[C@H](c2ccccc2)N(C)C)CC[C@@]2(C)[C@@H](O)[C@H](OC(C)=O)C3=C(C)[C@@H](OC(C)=O)C[C@H]([C@@H](O)[C@H]12)C3(C)C. The summed E-state index contributed by atoms with van der Waals surface area (Å²) in [7, 11) is 3.84. The highest BCUT2D eigenvalue weighted by atomic mass is 16.6. The van der Waals surface area contributed by atoms with Crippen LogP contribution in [-0.2, 0) is 28.6 Å². The van der Waals surface area contributed by atoms with E-state index >= 15 is 0 Å². The first-order chi connectivity index (χ1) is 20.5. The van der Waals surface area contributed by atoms with E-state index in [1.807, 2.05) is 77.0 Å². The summed E-state index contributed by atoms with van der Waals surface area (Å²) in [5.74, 6) is -2.53. The number of carbonyl (C=O) groups is 3. The number of hydrogen-bond acceptors (Lipinski definition) is 9. The number of rotatable bonds is 7. The molecule has 1 aromatic rings. The molecule has 4 rings (SSSR count). The van der Waals surface area contributed by atoms with Crippen molar-refractivity contribution in [2.24, 2.45) is 22.7 Å². The van der Waals surface area contributed by atoms with Gasteiger partial charge >= 0.3 is 17.9 Å². The van der Waals surface area contributed by atoms with Crippen LogP contribution in [0.4, 0.5) is 0 Å². The number of hydrogen-bond donors (Lipinski definition) is 2. The van der Waals surface area contributed by atoms with Gasteiger partial charge in [-0.1, -0.05) is 57.7 Å². The van der Waals surface area contributed by atoms with Crippen LogP contribution in [-0.4, -0.2) is 77.6 Å². The average Bonchev–Trinajstić information content (AvgIpc) is 2.93. The Morgan fingerprint density at radius 3 is 2.18 bits per heavy atom. The van der Waals surface area contributed by atoms with Crippen molar-refractivity contribution in [3.63, 3.8) is 0 Å². The van der Waals surface area contributed by atoms with Gasteiger partial charge in [0.25, 0.3) is 0 Å². The van der Waals surface area contributed by atoms with Gasteiger partial charge in [-0.3, -0.25) is 14.4 Å². The fourth-order valence-corrected chi connectivity index (χ4v) is 8.24. The summed E-state index contributed by atoms with van der Waals surface area (Å²) >= 11 is 0. The summed E-state index contributed by atoms with van der Waals surface area (Å²) in [6.45, 7) is 14.6. The number of aliphatic hydroxyl groups excluding tert-OH is 2. The van der Waals surface area contributed by atoms with Crippen LogP contribution in [0.15, 0.2) is 53.6 Å². The fourth-order valence-electron chi connectivity index (χ4n) is 8.24. The number of nitrogens with zero attached hydrogens (tertiary/aromatic N) is 1. The monoisotopic (exact) mass is 611 g/mol. The van der Waals surface area contributed by atoms with Crippen molar-refractivity contribution < 1.29 is 38.8 Å². The van der Waals surface area contributed by atoms with Crippen molar-refractivity contribution >= 4 is 17.9 Å². The lowest BCUT2D eigenvalue weighted by atomic mass is 9.49. The molecule has 3 aliphatic rings. The van der Waals surface area contributed by atoms with E-state index in [-0.39, 0.29) is 18.4 Å². The number of carbonyl (C=O) groups excluding carboxylic acids is 3. The van der Waals surface area contributed by atoms with Crippen molar-refractivity contribution in [3.8, 4) is 0 Å².